The van der Waals surface area contributed by atoms with Crippen molar-refractivity contribution in [2.75, 3.05) is 6.61 Å². The molecule has 2 aliphatic heterocycles. The molecule has 0 aromatic carbocycles. The number of piperidine rings is 1. The van der Waals surface area contributed by atoms with Crippen LogP contribution >= 0.6 is 0 Å². The van der Waals surface area contributed by atoms with Gasteiger partial charge in [0.1, 0.15) is 6.10 Å². The zero-order valence-electron chi connectivity index (χ0n) is 9.50. The molecule has 3 heteroatoms. The molecule has 2 rings (SSSR count). The van der Waals surface area contributed by atoms with Crippen molar-refractivity contribution in [3.05, 3.63) is 0 Å². The van der Waals surface area contributed by atoms with E-state index in [1.807, 2.05) is 0 Å². The van der Waals surface area contributed by atoms with E-state index in [0.717, 1.165) is 25.9 Å². The zero-order valence-corrected chi connectivity index (χ0v) is 9.50. The molecule has 2 aliphatic rings. The first-order chi connectivity index (χ1) is 7.25. The summed E-state index contributed by atoms with van der Waals surface area (Å²) >= 11 is 0. The predicted octanol–water partition coefficient (Wildman–Crippen LogP) is 1.66. The summed E-state index contributed by atoms with van der Waals surface area (Å²) in [4.78, 5) is 11.9. The minimum Gasteiger partial charge on any atom is -0.370 e. The Kier molecular flexibility index (Phi) is 3.76. The second kappa shape index (κ2) is 5.08. The van der Waals surface area contributed by atoms with E-state index in [9.17, 15) is 4.79 Å². The van der Waals surface area contributed by atoms with Gasteiger partial charge in [0.05, 0.1) is 0 Å². The van der Waals surface area contributed by atoms with Crippen LogP contribution in [0.5, 0.6) is 0 Å². The second-order valence-corrected chi connectivity index (χ2v) is 4.87. The van der Waals surface area contributed by atoms with Gasteiger partial charge in [0.25, 0.3) is 0 Å². The van der Waals surface area contributed by atoms with Gasteiger partial charge in [-0.1, -0.05) is 6.42 Å². The van der Waals surface area contributed by atoms with E-state index in [-0.39, 0.29) is 6.10 Å². The van der Waals surface area contributed by atoms with Crippen LogP contribution in [-0.4, -0.2) is 30.6 Å². The molecule has 2 fully saturated rings. The number of carbonyl (C=O) groups excluding carboxylic acids is 1. The lowest BCUT2D eigenvalue weighted by molar-refractivity contribution is -0.128. The average Bonchev–Trinajstić information content (AvgIpc) is 2.70. The minimum absolute atomic E-state index is 0.0935. The molecule has 86 valence electrons. The summed E-state index contributed by atoms with van der Waals surface area (Å²) in [5.41, 5.74) is 0. The summed E-state index contributed by atoms with van der Waals surface area (Å²) in [7, 11) is 0. The second-order valence-electron chi connectivity index (χ2n) is 4.87. The van der Waals surface area contributed by atoms with E-state index in [0.29, 0.717) is 24.3 Å². The molecule has 15 heavy (non-hydrogen) atoms. The molecule has 2 heterocycles. The van der Waals surface area contributed by atoms with Crippen LogP contribution in [0.4, 0.5) is 0 Å². The number of rotatable bonds is 3. The fourth-order valence-electron chi connectivity index (χ4n) is 2.61. The van der Waals surface area contributed by atoms with Crippen LogP contribution < -0.4 is 5.32 Å². The molecule has 0 bridgehead atoms. The third kappa shape index (κ3) is 3.02. The number of hydrogen-bond donors (Lipinski definition) is 1. The molecule has 1 N–H and O–H groups in total. The topological polar surface area (TPSA) is 38.3 Å². The van der Waals surface area contributed by atoms with Gasteiger partial charge in [-0.3, -0.25) is 4.79 Å². The smallest absolute Gasteiger partial charge is 0.163 e. The van der Waals surface area contributed by atoms with Crippen molar-refractivity contribution in [3.63, 3.8) is 0 Å². The van der Waals surface area contributed by atoms with Crippen molar-refractivity contribution >= 4 is 5.78 Å². The standard InChI is InChI=1S/C12H21NO2/c1-9-4-2-5-10(13-9)8-11(14)12-6-3-7-15-12/h9-10,12-13H,2-8H2,1H3. The van der Waals surface area contributed by atoms with Gasteiger partial charge in [0.15, 0.2) is 5.78 Å². The third-order valence-corrected chi connectivity index (χ3v) is 3.45. The highest BCUT2D eigenvalue weighted by molar-refractivity contribution is 5.83. The summed E-state index contributed by atoms with van der Waals surface area (Å²) in [6.45, 7) is 2.97. The lowest BCUT2D eigenvalue weighted by atomic mass is 9.94. The maximum atomic E-state index is 11.9. The van der Waals surface area contributed by atoms with Gasteiger partial charge in [-0.05, 0) is 32.6 Å². The molecule has 0 amide bonds. The molecule has 0 aromatic rings. The summed E-state index contributed by atoms with van der Waals surface area (Å²) in [5.74, 6) is 0.305. The van der Waals surface area contributed by atoms with Crippen molar-refractivity contribution in [1.29, 1.82) is 0 Å². The Morgan fingerprint density at radius 2 is 2.20 bits per heavy atom. The van der Waals surface area contributed by atoms with Crippen LogP contribution in [-0.2, 0) is 9.53 Å². The Morgan fingerprint density at radius 3 is 2.87 bits per heavy atom. The van der Waals surface area contributed by atoms with E-state index in [1.165, 1.54) is 12.8 Å². The maximum absolute atomic E-state index is 11.9. The van der Waals surface area contributed by atoms with Gasteiger partial charge in [-0.2, -0.15) is 0 Å². The molecule has 0 aliphatic carbocycles. The van der Waals surface area contributed by atoms with Crippen LogP contribution in [0.2, 0.25) is 0 Å². The van der Waals surface area contributed by atoms with Crippen LogP contribution in [0, 0.1) is 0 Å². The van der Waals surface area contributed by atoms with Crippen LogP contribution in [0.1, 0.15) is 45.4 Å². The van der Waals surface area contributed by atoms with E-state index < -0.39 is 0 Å². The fraction of sp³-hybridized carbons (Fsp3) is 0.917. The predicted molar refractivity (Wildman–Crippen MR) is 58.8 cm³/mol. The molecule has 3 nitrogen and oxygen atoms in total. The van der Waals surface area contributed by atoms with Crippen molar-refractivity contribution in [2.45, 2.75) is 63.6 Å². The SMILES string of the molecule is CC1CCCC(CC(=O)C2CCCO2)N1. The quantitative estimate of drug-likeness (QED) is 0.771. The Hall–Kier alpha value is -0.410. The highest BCUT2D eigenvalue weighted by atomic mass is 16.5. The van der Waals surface area contributed by atoms with E-state index in [4.69, 9.17) is 4.74 Å². The van der Waals surface area contributed by atoms with Crippen LogP contribution in [0.15, 0.2) is 0 Å². The molecule has 3 atom stereocenters. The third-order valence-electron chi connectivity index (χ3n) is 3.45. The van der Waals surface area contributed by atoms with Gasteiger partial charge in [0, 0.05) is 25.1 Å². The van der Waals surface area contributed by atoms with Crippen molar-refractivity contribution < 1.29 is 9.53 Å². The average molecular weight is 211 g/mol. The molecular weight excluding hydrogens is 190 g/mol. The largest absolute Gasteiger partial charge is 0.370 e. The first-order valence-electron chi connectivity index (χ1n) is 6.16. The number of Topliss-reactive ketones (excluding diaryl/α,β-unsaturated/α-hetero) is 1. The Balaban J connectivity index is 1.77. The lowest BCUT2D eigenvalue weighted by Crippen LogP contribution is -2.42. The van der Waals surface area contributed by atoms with E-state index in [1.54, 1.807) is 0 Å². The molecule has 0 aromatic heterocycles. The van der Waals surface area contributed by atoms with Gasteiger partial charge in [0.2, 0.25) is 0 Å². The van der Waals surface area contributed by atoms with Gasteiger partial charge >= 0.3 is 0 Å². The monoisotopic (exact) mass is 211 g/mol. The first kappa shape index (κ1) is 11.1. The number of ketones is 1. The number of ether oxygens (including phenoxy) is 1. The highest BCUT2D eigenvalue weighted by Gasteiger charge is 2.27. The number of nitrogens with one attached hydrogen (secondary N) is 1. The highest BCUT2D eigenvalue weighted by Crippen LogP contribution is 2.19. The normalized spacial score (nSPS) is 36.7. The first-order valence-corrected chi connectivity index (χ1v) is 6.16. The maximum Gasteiger partial charge on any atom is 0.163 e. The van der Waals surface area contributed by atoms with Gasteiger partial charge in [-0.25, -0.2) is 0 Å². The molecule has 0 radical (unpaired) electrons. The number of hydrogen-bond acceptors (Lipinski definition) is 3. The number of carbonyl (C=O) groups is 1. The summed E-state index contributed by atoms with van der Waals surface area (Å²) < 4.78 is 5.41. The Labute approximate surface area is 91.6 Å². The van der Waals surface area contributed by atoms with Gasteiger partial charge in [-0.15, -0.1) is 0 Å². The Morgan fingerprint density at radius 1 is 1.33 bits per heavy atom. The van der Waals surface area contributed by atoms with Crippen LogP contribution in [0.3, 0.4) is 0 Å². The fourth-order valence-corrected chi connectivity index (χ4v) is 2.61. The summed E-state index contributed by atoms with van der Waals surface area (Å²) in [6, 6.07) is 0.964. The zero-order chi connectivity index (χ0) is 10.7. The van der Waals surface area contributed by atoms with Crippen LogP contribution in [0.25, 0.3) is 0 Å². The molecular formula is C12H21NO2. The molecule has 2 saturated heterocycles. The minimum atomic E-state index is -0.0935. The summed E-state index contributed by atoms with van der Waals surface area (Å²) in [5, 5.41) is 3.49. The van der Waals surface area contributed by atoms with E-state index >= 15 is 0 Å². The summed E-state index contributed by atoms with van der Waals surface area (Å²) in [6.07, 6.45) is 6.18. The molecule has 0 saturated carbocycles. The van der Waals surface area contributed by atoms with E-state index in [2.05, 4.69) is 12.2 Å². The van der Waals surface area contributed by atoms with Crippen molar-refractivity contribution in [3.8, 4) is 0 Å². The van der Waals surface area contributed by atoms with Gasteiger partial charge < -0.3 is 10.1 Å². The molecule has 3 unspecified atom stereocenters. The Bertz CT molecular complexity index is 224. The lowest BCUT2D eigenvalue weighted by Gasteiger charge is -2.28. The van der Waals surface area contributed by atoms with Crippen molar-refractivity contribution in [1.82, 2.24) is 5.32 Å². The van der Waals surface area contributed by atoms with Crippen molar-refractivity contribution in [2.24, 2.45) is 0 Å². The molecule has 0 spiro atoms.